The van der Waals surface area contributed by atoms with Gasteiger partial charge in [0, 0.05) is 23.8 Å². The van der Waals surface area contributed by atoms with Crippen LogP contribution in [0.25, 0.3) is 17.0 Å². The normalized spacial score (nSPS) is 24.4. The smallest absolute Gasteiger partial charge is 0.354 e. The Kier molecular flexibility index (Phi) is 7.62. The number of para-hydroxylation sites is 1. The molecule has 6 heterocycles. The number of likely N-dealkylation sites (tertiary alicyclic amines) is 1. The van der Waals surface area contributed by atoms with E-state index in [0.717, 1.165) is 62.5 Å². The van der Waals surface area contributed by atoms with E-state index in [2.05, 4.69) is 14.5 Å². The van der Waals surface area contributed by atoms with E-state index in [9.17, 15) is 14.3 Å². The van der Waals surface area contributed by atoms with Crippen molar-refractivity contribution < 1.29 is 28.2 Å². The van der Waals surface area contributed by atoms with Crippen LogP contribution < -0.4 is 4.74 Å². The van der Waals surface area contributed by atoms with E-state index in [1.54, 1.807) is 12.1 Å². The third kappa shape index (κ3) is 5.32. The molecule has 1 N–H and O–H groups in total. The molecule has 8 rings (SSSR count). The molecule has 2 aromatic carbocycles. The topological polar surface area (TPSA) is 114 Å². The minimum atomic E-state index is -1.06. The molecule has 238 valence electrons. The van der Waals surface area contributed by atoms with Gasteiger partial charge in [-0.15, -0.1) is 0 Å². The number of carboxylic acid groups (broad SMARTS) is 1. The monoisotopic (exact) mass is 651 g/mol. The van der Waals surface area contributed by atoms with Crippen molar-refractivity contribution in [2.75, 3.05) is 19.7 Å². The van der Waals surface area contributed by atoms with Crippen LogP contribution in [0.3, 0.4) is 0 Å². The lowest BCUT2D eigenvalue weighted by Gasteiger charge is -2.46. The van der Waals surface area contributed by atoms with E-state index >= 15 is 4.39 Å². The van der Waals surface area contributed by atoms with Gasteiger partial charge in [0.05, 0.1) is 39.4 Å². The molecular weight excluding hydrogens is 620 g/mol. The Labute approximate surface area is 272 Å². The summed E-state index contributed by atoms with van der Waals surface area (Å²) in [5.41, 5.74) is 3.16. The second-order valence-corrected chi connectivity index (χ2v) is 14.0. The highest BCUT2D eigenvalue weighted by molar-refractivity contribution is 6.41. The summed E-state index contributed by atoms with van der Waals surface area (Å²) in [6, 6.07) is 15.9. The molecule has 12 heteroatoms. The second-order valence-electron chi connectivity index (χ2n) is 12.6. The number of imidazole rings is 1. The zero-order valence-electron chi connectivity index (χ0n) is 25.4. The number of halogens is 2. The number of hydrogen-bond acceptors (Lipinski definition) is 7. The van der Waals surface area contributed by atoms with Crippen molar-refractivity contribution in [3.05, 3.63) is 94.2 Å². The third-order valence-corrected chi connectivity index (χ3v) is 11.8. The number of benzene rings is 2. The molecule has 4 aliphatic heterocycles. The zero-order chi connectivity index (χ0) is 32.2. The van der Waals surface area contributed by atoms with E-state index in [1.165, 1.54) is 24.3 Å². The lowest BCUT2D eigenvalue weighted by atomic mass is 9.86. The summed E-state index contributed by atoms with van der Waals surface area (Å²) in [7, 11) is 0.693. The van der Waals surface area contributed by atoms with Crippen molar-refractivity contribution in [2.24, 2.45) is 5.92 Å². The minimum Gasteiger partial charge on any atom is -0.480 e. The molecule has 9 nitrogen and oxygen atoms in total. The van der Waals surface area contributed by atoms with Gasteiger partial charge in [-0.2, -0.15) is 5.26 Å². The fraction of sp³-hybridized carbons (Fsp3) is 0.371. The molecule has 2 radical (unpaired) electrons. The summed E-state index contributed by atoms with van der Waals surface area (Å²) >= 11 is 0. The Bertz CT molecular complexity index is 1960. The summed E-state index contributed by atoms with van der Waals surface area (Å²) in [5.74, 6) is -0.312. The number of ether oxygens (including phenoxy) is 2. The second kappa shape index (κ2) is 12.0. The number of fused-ring (bicyclic) bond motifs is 2. The molecular formula is C35H31F2N5O4Si. The average molecular weight is 652 g/mol. The molecule has 4 aromatic rings. The molecule has 47 heavy (non-hydrogen) atoms. The van der Waals surface area contributed by atoms with Gasteiger partial charge in [-0.1, -0.05) is 24.2 Å². The Morgan fingerprint density at radius 3 is 2.60 bits per heavy atom. The Balaban J connectivity index is 1.02. The van der Waals surface area contributed by atoms with Crippen molar-refractivity contribution in [1.29, 1.82) is 5.26 Å². The van der Waals surface area contributed by atoms with E-state index in [-0.39, 0.29) is 34.5 Å². The highest BCUT2D eigenvalue weighted by atomic mass is 28.2. The van der Waals surface area contributed by atoms with Crippen molar-refractivity contribution in [3.63, 3.8) is 0 Å². The molecule has 4 atom stereocenters. The SMILES string of the molecule is N#Cc1ccc(C2C=C(F)c3cccc(C4CCN(Cc5nc6ccc(C(=O)O)nc6n5C5[Si]CC5[C@@H]5CCO5)CC4)c3O2)c(F)c1. The molecule has 2 aromatic heterocycles. The summed E-state index contributed by atoms with van der Waals surface area (Å²) in [5, 5.41) is 18.8. The lowest BCUT2D eigenvalue weighted by Crippen LogP contribution is -2.48. The van der Waals surface area contributed by atoms with Gasteiger partial charge in [0.25, 0.3) is 0 Å². The summed E-state index contributed by atoms with van der Waals surface area (Å²) in [6.07, 6.45) is 3.24. The van der Waals surface area contributed by atoms with Gasteiger partial charge in [0.15, 0.2) is 11.3 Å². The number of aromatic carboxylic acids is 1. The van der Waals surface area contributed by atoms with E-state index in [1.807, 2.05) is 18.2 Å². The van der Waals surface area contributed by atoms with Crippen LogP contribution in [0.15, 0.2) is 54.6 Å². The number of pyridine rings is 1. The number of piperidine rings is 1. The number of nitriles is 1. The Morgan fingerprint density at radius 2 is 1.91 bits per heavy atom. The number of nitrogens with zero attached hydrogens (tertiary/aromatic N) is 5. The zero-order valence-corrected chi connectivity index (χ0v) is 26.4. The van der Waals surface area contributed by atoms with Gasteiger partial charge in [-0.25, -0.2) is 23.5 Å². The summed E-state index contributed by atoms with van der Waals surface area (Å²) in [4.78, 5) is 23.6. The fourth-order valence-electron chi connectivity index (χ4n) is 7.27. The van der Waals surface area contributed by atoms with Crippen LogP contribution in [0.2, 0.25) is 6.04 Å². The van der Waals surface area contributed by atoms with Crippen molar-refractivity contribution in [2.45, 2.75) is 55.6 Å². The summed E-state index contributed by atoms with van der Waals surface area (Å²) in [6.45, 7) is 2.95. The molecule has 0 spiro atoms. The first-order valence-electron chi connectivity index (χ1n) is 15.9. The summed E-state index contributed by atoms with van der Waals surface area (Å²) < 4.78 is 44.6. The van der Waals surface area contributed by atoms with Gasteiger partial charge in [-0.05, 0) is 80.2 Å². The van der Waals surface area contributed by atoms with Crippen molar-refractivity contribution >= 4 is 32.5 Å². The first-order valence-corrected chi connectivity index (χ1v) is 17.2. The van der Waals surface area contributed by atoms with Gasteiger partial charge in [-0.3, -0.25) is 4.90 Å². The third-order valence-electron chi connectivity index (χ3n) is 9.96. The molecule has 3 unspecified atom stereocenters. The first-order chi connectivity index (χ1) is 22.9. The molecule has 3 fully saturated rings. The fourth-order valence-corrected chi connectivity index (χ4v) is 8.92. The largest absolute Gasteiger partial charge is 0.480 e. The van der Waals surface area contributed by atoms with Gasteiger partial charge in [0.2, 0.25) is 0 Å². The van der Waals surface area contributed by atoms with Gasteiger partial charge < -0.3 is 19.1 Å². The predicted octanol–water partition coefficient (Wildman–Crippen LogP) is 6.00. The highest BCUT2D eigenvalue weighted by Crippen LogP contribution is 2.46. The van der Waals surface area contributed by atoms with Gasteiger partial charge >= 0.3 is 5.97 Å². The van der Waals surface area contributed by atoms with E-state index in [4.69, 9.17) is 19.7 Å². The number of carbonyl (C=O) groups is 1. The molecule has 0 amide bonds. The van der Waals surface area contributed by atoms with Crippen LogP contribution >= 0.6 is 0 Å². The predicted molar refractivity (Wildman–Crippen MR) is 169 cm³/mol. The molecule has 3 saturated heterocycles. The molecule has 0 saturated carbocycles. The Morgan fingerprint density at radius 1 is 1.09 bits per heavy atom. The lowest BCUT2D eigenvalue weighted by molar-refractivity contribution is -0.0906. The van der Waals surface area contributed by atoms with Crippen LogP contribution in [-0.2, 0) is 11.3 Å². The van der Waals surface area contributed by atoms with Crippen LogP contribution in [0.1, 0.15) is 75.5 Å². The number of aromatic nitrogens is 3. The minimum absolute atomic E-state index is 0.00830. The number of carboxylic acids is 1. The van der Waals surface area contributed by atoms with Crippen LogP contribution in [0, 0.1) is 23.1 Å². The van der Waals surface area contributed by atoms with Crippen molar-refractivity contribution in [3.8, 4) is 11.8 Å². The quantitative estimate of drug-likeness (QED) is 0.242. The number of hydrogen-bond donors (Lipinski definition) is 1. The van der Waals surface area contributed by atoms with Crippen LogP contribution in [0.4, 0.5) is 8.78 Å². The standard InChI is InChI=1S/C35H31F2N5O4Si/c36-25-14-19(16-38)4-5-22(25)30-15-26(37)23-3-1-2-21(32(23)46-30)20-8-11-41(12-9-20)17-31-39-27-6-7-28(35(43)44)40-33(27)42(31)34-24(18-47-34)29-10-13-45-29/h1-7,14-15,20,24,29-30,34H,8-13,17-18H2,(H,43,44)/t24?,29-,30?,34?/m0/s1. The molecule has 0 bridgehead atoms. The van der Waals surface area contributed by atoms with Crippen LogP contribution in [-0.4, -0.2) is 65.8 Å². The van der Waals surface area contributed by atoms with Crippen LogP contribution in [0.5, 0.6) is 5.75 Å². The maximum absolute atomic E-state index is 15.4. The van der Waals surface area contributed by atoms with E-state index in [0.29, 0.717) is 44.5 Å². The molecule has 4 aliphatic rings. The maximum atomic E-state index is 15.4. The van der Waals surface area contributed by atoms with Gasteiger partial charge in [0.1, 0.15) is 34.8 Å². The maximum Gasteiger partial charge on any atom is 0.354 e. The molecule has 0 aliphatic carbocycles. The first kappa shape index (κ1) is 29.9. The number of rotatable bonds is 7. The van der Waals surface area contributed by atoms with Crippen molar-refractivity contribution in [1.82, 2.24) is 19.4 Å². The Hall–Kier alpha value is -4.44. The van der Waals surface area contributed by atoms with E-state index < -0.39 is 23.7 Å². The average Bonchev–Trinajstić information content (AvgIpc) is 3.38. The highest BCUT2D eigenvalue weighted by Gasteiger charge is 2.44.